The van der Waals surface area contributed by atoms with E-state index in [1.807, 2.05) is 9.80 Å². The Hall–Kier alpha value is -1.67. The summed E-state index contributed by atoms with van der Waals surface area (Å²) in [4.78, 5) is 34.2. The van der Waals surface area contributed by atoms with E-state index >= 15 is 0 Å². The number of morpholine rings is 1. The zero-order valence-corrected chi connectivity index (χ0v) is 15.7. The van der Waals surface area contributed by atoms with Crippen molar-refractivity contribution in [3.8, 4) is 0 Å². The van der Waals surface area contributed by atoms with Crippen LogP contribution in [0.1, 0.15) is 34.2 Å². The number of carbonyl (C=O) groups is 2. The van der Waals surface area contributed by atoms with Crippen molar-refractivity contribution in [2.75, 3.05) is 45.9 Å². The zero-order chi connectivity index (χ0) is 17.8. The average molecular weight is 366 g/mol. The number of aromatic nitrogens is 1. The van der Waals surface area contributed by atoms with Gasteiger partial charge in [0.25, 0.3) is 5.91 Å². The average Bonchev–Trinajstić information content (AvgIpc) is 2.93. The molecule has 0 aliphatic carbocycles. The van der Waals surface area contributed by atoms with E-state index in [0.29, 0.717) is 63.3 Å². The minimum atomic E-state index is -0.00605. The fraction of sp³-hybridized carbons (Fsp3) is 0.706. The fourth-order valence-electron chi connectivity index (χ4n) is 2.96. The lowest BCUT2D eigenvalue weighted by Crippen LogP contribution is -2.42. The topological polar surface area (TPSA) is 74.8 Å². The number of thiazole rings is 1. The zero-order valence-electron chi connectivity index (χ0n) is 14.9. The predicted octanol–water partition coefficient (Wildman–Crippen LogP) is 1.38. The molecule has 8 heteroatoms. The second-order valence-corrected chi connectivity index (χ2v) is 7.94. The molecule has 3 amide bonds. The lowest BCUT2D eigenvalue weighted by atomic mass is 10.2. The maximum absolute atomic E-state index is 12.6. The number of nitrogens with zero attached hydrogens (tertiary/aromatic N) is 3. The first-order valence-corrected chi connectivity index (χ1v) is 9.74. The Morgan fingerprint density at radius 3 is 2.60 bits per heavy atom. The van der Waals surface area contributed by atoms with Gasteiger partial charge in [0, 0.05) is 50.4 Å². The molecule has 0 atom stereocenters. The molecule has 0 radical (unpaired) electrons. The first-order chi connectivity index (χ1) is 12.0. The Morgan fingerprint density at radius 2 is 1.88 bits per heavy atom. The predicted molar refractivity (Wildman–Crippen MR) is 96.1 cm³/mol. The Labute approximate surface area is 152 Å². The molecule has 2 aliphatic heterocycles. The highest BCUT2D eigenvalue weighted by Crippen LogP contribution is 2.24. The number of hydrogen-bond acceptors (Lipinski definition) is 5. The highest BCUT2D eigenvalue weighted by atomic mass is 32.1. The maximum Gasteiger partial charge on any atom is 0.317 e. The molecule has 3 heterocycles. The molecule has 7 nitrogen and oxygen atoms in total. The Balaban J connectivity index is 1.60. The number of nitrogens with one attached hydrogen (secondary N) is 1. The van der Waals surface area contributed by atoms with Crippen LogP contribution < -0.4 is 5.32 Å². The summed E-state index contributed by atoms with van der Waals surface area (Å²) in [5, 5.41) is 3.54. The molecular formula is C17H26N4O3S. The lowest BCUT2D eigenvalue weighted by Gasteiger charge is -2.25. The number of amides is 3. The second kappa shape index (κ2) is 8.14. The number of rotatable bonds is 3. The molecule has 0 bridgehead atoms. The van der Waals surface area contributed by atoms with E-state index < -0.39 is 0 Å². The van der Waals surface area contributed by atoms with E-state index in [9.17, 15) is 9.59 Å². The first-order valence-electron chi connectivity index (χ1n) is 8.93. The fourth-order valence-corrected chi connectivity index (χ4v) is 4.03. The van der Waals surface area contributed by atoms with Crippen LogP contribution in [-0.2, 0) is 17.6 Å². The van der Waals surface area contributed by atoms with Gasteiger partial charge in [-0.2, -0.15) is 0 Å². The van der Waals surface area contributed by atoms with Crippen molar-refractivity contribution in [2.24, 2.45) is 5.92 Å². The third-order valence-corrected chi connectivity index (χ3v) is 5.58. The van der Waals surface area contributed by atoms with E-state index in [1.165, 1.54) is 11.3 Å². The quantitative estimate of drug-likeness (QED) is 0.877. The molecule has 25 heavy (non-hydrogen) atoms. The molecule has 1 fully saturated rings. The number of carbonyl (C=O) groups excluding carboxylic acids is 2. The van der Waals surface area contributed by atoms with Crippen LogP contribution in [0.3, 0.4) is 0 Å². The second-order valence-electron chi connectivity index (χ2n) is 6.86. The smallest absolute Gasteiger partial charge is 0.317 e. The summed E-state index contributed by atoms with van der Waals surface area (Å²) in [6.07, 6.45) is 1.47. The minimum Gasteiger partial charge on any atom is -0.378 e. The van der Waals surface area contributed by atoms with Crippen LogP contribution in [0.15, 0.2) is 0 Å². The van der Waals surface area contributed by atoms with Crippen LogP contribution in [-0.4, -0.2) is 72.7 Å². The molecule has 0 unspecified atom stereocenters. The minimum absolute atomic E-state index is 0.00605. The molecule has 1 aromatic rings. The van der Waals surface area contributed by atoms with Crippen molar-refractivity contribution in [3.63, 3.8) is 0 Å². The molecule has 138 valence electrons. The maximum atomic E-state index is 12.6. The van der Waals surface area contributed by atoms with Gasteiger partial charge in [0.05, 0.1) is 18.9 Å². The number of urea groups is 1. The van der Waals surface area contributed by atoms with Crippen LogP contribution in [0, 0.1) is 5.92 Å². The van der Waals surface area contributed by atoms with Gasteiger partial charge in [-0.05, 0) is 5.92 Å². The molecule has 1 aromatic heterocycles. The third kappa shape index (κ3) is 4.49. The molecule has 0 aromatic carbocycles. The standard InChI is InChI=1S/C17H26N4O3S/c1-12(2)11-18-17(23)21-5-3-13-14(4-6-21)25-15(19-13)16(22)20-7-9-24-10-8-20/h12H,3-11H2,1-2H3,(H,18,23). The molecule has 1 saturated heterocycles. The van der Waals surface area contributed by atoms with Crippen molar-refractivity contribution in [1.82, 2.24) is 20.1 Å². The Morgan fingerprint density at radius 1 is 1.16 bits per heavy atom. The lowest BCUT2D eigenvalue weighted by molar-refractivity contribution is 0.0302. The van der Waals surface area contributed by atoms with Crippen LogP contribution in [0.4, 0.5) is 4.79 Å². The van der Waals surface area contributed by atoms with E-state index in [1.54, 1.807) is 0 Å². The van der Waals surface area contributed by atoms with Gasteiger partial charge in [0.2, 0.25) is 0 Å². The molecular weight excluding hydrogens is 340 g/mol. The van der Waals surface area contributed by atoms with Crippen molar-refractivity contribution in [2.45, 2.75) is 26.7 Å². The van der Waals surface area contributed by atoms with E-state index in [2.05, 4.69) is 24.1 Å². The van der Waals surface area contributed by atoms with Gasteiger partial charge in [-0.3, -0.25) is 4.79 Å². The first kappa shape index (κ1) is 18.1. The molecule has 0 spiro atoms. The van der Waals surface area contributed by atoms with Crippen molar-refractivity contribution < 1.29 is 14.3 Å². The van der Waals surface area contributed by atoms with Gasteiger partial charge < -0.3 is 19.9 Å². The Bertz CT molecular complexity index is 600. The van der Waals surface area contributed by atoms with Gasteiger partial charge in [0.15, 0.2) is 5.01 Å². The van der Waals surface area contributed by atoms with Gasteiger partial charge in [0.1, 0.15) is 0 Å². The Kier molecular flexibility index (Phi) is 5.90. The van der Waals surface area contributed by atoms with Crippen molar-refractivity contribution in [1.29, 1.82) is 0 Å². The van der Waals surface area contributed by atoms with Crippen LogP contribution >= 0.6 is 11.3 Å². The highest BCUT2D eigenvalue weighted by molar-refractivity contribution is 7.13. The largest absolute Gasteiger partial charge is 0.378 e. The van der Waals surface area contributed by atoms with E-state index in [0.717, 1.165) is 17.0 Å². The summed E-state index contributed by atoms with van der Waals surface area (Å²) < 4.78 is 5.30. The molecule has 1 N–H and O–H groups in total. The normalized spacial score (nSPS) is 18.0. The van der Waals surface area contributed by atoms with Gasteiger partial charge in [-0.25, -0.2) is 9.78 Å². The van der Waals surface area contributed by atoms with Crippen LogP contribution in [0.5, 0.6) is 0 Å². The number of fused-ring (bicyclic) bond motifs is 1. The number of hydrogen-bond donors (Lipinski definition) is 1. The number of ether oxygens (including phenoxy) is 1. The monoisotopic (exact) mass is 366 g/mol. The van der Waals surface area contributed by atoms with Crippen LogP contribution in [0.2, 0.25) is 0 Å². The third-order valence-electron chi connectivity index (χ3n) is 4.44. The summed E-state index contributed by atoms with van der Waals surface area (Å²) >= 11 is 1.48. The molecule has 0 saturated carbocycles. The van der Waals surface area contributed by atoms with Crippen molar-refractivity contribution in [3.05, 3.63) is 15.6 Å². The van der Waals surface area contributed by atoms with E-state index in [4.69, 9.17) is 4.74 Å². The summed E-state index contributed by atoms with van der Waals surface area (Å²) in [6.45, 7) is 8.62. The summed E-state index contributed by atoms with van der Waals surface area (Å²) in [5.41, 5.74) is 0.973. The van der Waals surface area contributed by atoms with Gasteiger partial charge >= 0.3 is 6.03 Å². The van der Waals surface area contributed by atoms with Crippen molar-refractivity contribution >= 4 is 23.3 Å². The van der Waals surface area contributed by atoms with Crippen LogP contribution in [0.25, 0.3) is 0 Å². The van der Waals surface area contributed by atoms with Gasteiger partial charge in [-0.1, -0.05) is 13.8 Å². The van der Waals surface area contributed by atoms with Gasteiger partial charge in [-0.15, -0.1) is 11.3 Å². The highest BCUT2D eigenvalue weighted by Gasteiger charge is 2.26. The summed E-state index contributed by atoms with van der Waals surface area (Å²) in [7, 11) is 0. The SMILES string of the molecule is CC(C)CNC(=O)N1CCc2nc(C(=O)N3CCOCC3)sc2CC1. The summed E-state index contributed by atoms with van der Waals surface area (Å²) in [6, 6.07) is -0.00605. The van der Waals surface area contributed by atoms with E-state index in [-0.39, 0.29) is 11.9 Å². The summed E-state index contributed by atoms with van der Waals surface area (Å²) in [5.74, 6) is 0.445. The molecule has 2 aliphatic rings. The molecule has 3 rings (SSSR count).